The maximum absolute atomic E-state index is 12.3. The Hall–Kier alpha value is -2.36. The molecule has 1 aromatic rings. The number of ether oxygens (including phenoxy) is 6. The number of carbonyl (C=O) groups is 2. The van der Waals surface area contributed by atoms with Gasteiger partial charge in [-0.2, -0.15) is 0 Å². The third-order valence-electron chi connectivity index (χ3n) is 3.93. The molecule has 1 amide bonds. The van der Waals surface area contributed by atoms with Crippen molar-refractivity contribution in [1.29, 1.82) is 0 Å². The lowest BCUT2D eigenvalue weighted by Gasteiger charge is -2.23. The highest BCUT2D eigenvalue weighted by molar-refractivity contribution is 5.81. The standard InChI is InChI=1S/C23H37NO8/c1-6-30-21(25)20(24-22(26)32-23(2,3)4)17-18-7-9-19(10-8-18)31-16-15-29-14-13-28-12-11-27-5/h7-10,20H,6,11-17H2,1-5H3,(H,24,26)/t20-/m0/s1. The molecule has 9 nitrogen and oxygen atoms in total. The summed E-state index contributed by atoms with van der Waals surface area (Å²) in [5.74, 6) is 0.170. The summed E-state index contributed by atoms with van der Waals surface area (Å²) < 4.78 is 31.6. The van der Waals surface area contributed by atoms with Crippen LogP contribution in [0, 0.1) is 0 Å². The molecule has 1 atom stereocenters. The molecule has 1 aromatic carbocycles. The Labute approximate surface area is 190 Å². The van der Waals surface area contributed by atoms with Crippen molar-refractivity contribution >= 4 is 12.1 Å². The molecule has 182 valence electrons. The number of amides is 1. The van der Waals surface area contributed by atoms with Gasteiger partial charge < -0.3 is 33.7 Å². The van der Waals surface area contributed by atoms with E-state index in [1.54, 1.807) is 46.9 Å². The first-order valence-corrected chi connectivity index (χ1v) is 10.8. The van der Waals surface area contributed by atoms with Crippen molar-refractivity contribution in [2.75, 3.05) is 53.4 Å². The van der Waals surface area contributed by atoms with E-state index in [1.165, 1.54) is 0 Å². The highest BCUT2D eigenvalue weighted by Gasteiger charge is 2.25. The van der Waals surface area contributed by atoms with Gasteiger partial charge in [-0.1, -0.05) is 12.1 Å². The van der Waals surface area contributed by atoms with E-state index >= 15 is 0 Å². The number of carbonyl (C=O) groups excluding carboxylic acids is 2. The van der Waals surface area contributed by atoms with E-state index in [4.69, 9.17) is 28.4 Å². The number of methoxy groups -OCH3 is 1. The smallest absolute Gasteiger partial charge is 0.408 e. The van der Waals surface area contributed by atoms with E-state index in [0.717, 1.165) is 5.56 Å². The molecule has 0 radical (unpaired) electrons. The predicted molar refractivity (Wildman–Crippen MR) is 119 cm³/mol. The van der Waals surface area contributed by atoms with Crippen LogP contribution in [0.25, 0.3) is 0 Å². The summed E-state index contributed by atoms with van der Waals surface area (Å²) in [6.45, 7) is 10.2. The van der Waals surface area contributed by atoms with E-state index < -0.39 is 23.7 Å². The largest absolute Gasteiger partial charge is 0.491 e. The van der Waals surface area contributed by atoms with E-state index in [0.29, 0.717) is 45.4 Å². The molecule has 0 aliphatic heterocycles. The molecule has 32 heavy (non-hydrogen) atoms. The molecule has 0 spiro atoms. The van der Waals surface area contributed by atoms with Gasteiger partial charge in [-0.05, 0) is 45.4 Å². The Morgan fingerprint density at radius 3 is 2.09 bits per heavy atom. The van der Waals surface area contributed by atoms with Crippen LogP contribution in [0.5, 0.6) is 5.75 Å². The third kappa shape index (κ3) is 13.1. The summed E-state index contributed by atoms with van der Waals surface area (Å²) in [6.07, 6.45) is -0.399. The number of rotatable bonds is 15. The molecule has 0 aliphatic carbocycles. The summed E-state index contributed by atoms with van der Waals surface area (Å²) in [5, 5.41) is 2.59. The number of esters is 1. The lowest BCUT2D eigenvalue weighted by Crippen LogP contribution is -2.45. The van der Waals surface area contributed by atoms with Crippen LogP contribution < -0.4 is 10.1 Å². The molecular weight excluding hydrogens is 418 g/mol. The molecule has 0 aliphatic rings. The van der Waals surface area contributed by atoms with Crippen LogP contribution in [0.2, 0.25) is 0 Å². The minimum absolute atomic E-state index is 0.222. The third-order valence-corrected chi connectivity index (χ3v) is 3.93. The fourth-order valence-corrected chi connectivity index (χ4v) is 2.53. The van der Waals surface area contributed by atoms with Gasteiger partial charge in [0.2, 0.25) is 0 Å². The van der Waals surface area contributed by atoms with Gasteiger partial charge in [0.1, 0.15) is 24.0 Å². The van der Waals surface area contributed by atoms with Crippen LogP contribution in [-0.4, -0.2) is 77.1 Å². The second-order valence-corrected chi connectivity index (χ2v) is 7.86. The maximum Gasteiger partial charge on any atom is 0.408 e. The Balaban J connectivity index is 2.45. The minimum atomic E-state index is -0.851. The van der Waals surface area contributed by atoms with Gasteiger partial charge in [-0.3, -0.25) is 0 Å². The van der Waals surface area contributed by atoms with Crippen LogP contribution in [0.4, 0.5) is 4.79 Å². The first kappa shape index (κ1) is 27.7. The van der Waals surface area contributed by atoms with Gasteiger partial charge in [0.25, 0.3) is 0 Å². The number of hydrogen-bond donors (Lipinski definition) is 1. The van der Waals surface area contributed by atoms with E-state index in [9.17, 15) is 9.59 Å². The normalized spacial score (nSPS) is 12.2. The summed E-state index contributed by atoms with van der Waals surface area (Å²) in [6, 6.07) is 6.43. The quantitative estimate of drug-likeness (QED) is 0.318. The van der Waals surface area contributed by atoms with Crippen LogP contribution in [-0.2, 0) is 34.9 Å². The van der Waals surface area contributed by atoms with Crippen molar-refractivity contribution in [3.8, 4) is 5.75 Å². The second kappa shape index (κ2) is 15.4. The molecule has 1 N–H and O–H groups in total. The zero-order valence-electron chi connectivity index (χ0n) is 19.8. The van der Waals surface area contributed by atoms with Gasteiger partial charge in [-0.25, -0.2) is 9.59 Å². The van der Waals surface area contributed by atoms with Gasteiger partial charge >= 0.3 is 12.1 Å². The Morgan fingerprint density at radius 1 is 0.938 bits per heavy atom. The monoisotopic (exact) mass is 455 g/mol. The predicted octanol–water partition coefficient (Wildman–Crippen LogP) is 2.74. The molecular formula is C23H37NO8. The van der Waals surface area contributed by atoms with Crippen LogP contribution in [0.3, 0.4) is 0 Å². The van der Waals surface area contributed by atoms with Crippen LogP contribution in [0.15, 0.2) is 24.3 Å². The highest BCUT2D eigenvalue weighted by atomic mass is 16.6. The van der Waals surface area contributed by atoms with Crippen molar-refractivity contribution in [2.24, 2.45) is 0 Å². The van der Waals surface area contributed by atoms with Gasteiger partial charge in [-0.15, -0.1) is 0 Å². The van der Waals surface area contributed by atoms with Gasteiger partial charge in [0.15, 0.2) is 0 Å². The van der Waals surface area contributed by atoms with Crippen LogP contribution in [0.1, 0.15) is 33.3 Å². The fraction of sp³-hybridized carbons (Fsp3) is 0.652. The summed E-state index contributed by atoms with van der Waals surface area (Å²) in [5.41, 5.74) is 0.180. The summed E-state index contributed by atoms with van der Waals surface area (Å²) in [4.78, 5) is 24.4. The second-order valence-electron chi connectivity index (χ2n) is 7.86. The molecule has 0 saturated carbocycles. The fourth-order valence-electron chi connectivity index (χ4n) is 2.53. The molecule has 9 heteroatoms. The summed E-state index contributed by atoms with van der Waals surface area (Å²) >= 11 is 0. The Bertz CT molecular complexity index is 657. The lowest BCUT2D eigenvalue weighted by atomic mass is 10.1. The highest BCUT2D eigenvalue weighted by Crippen LogP contribution is 2.14. The lowest BCUT2D eigenvalue weighted by molar-refractivity contribution is -0.145. The first-order chi connectivity index (χ1) is 15.2. The molecule has 0 saturated heterocycles. The first-order valence-electron chi connectivity index (χ1n) is 10.8. The number of alkyl carbamates (subject to hydrolysis) is 1. The zero-order valence-corrected chi connectivity index (χ0v) is 19.8. The van der Waals surface area contributed by atoms with Crippen LogP contribution >= 0.6 is 0 Å². The SMILES string of the molecule is CCOC(=O)[C@H](Cc1ccc(OCCOCCOCCOC)cc1)NC(=O)OC(C)(C)C. The Morgan fingerprint density at radius 2 is 1.53 bits per heavy atom. The molecule has 0 fully saturated rings. The van der Waals surface area contributed by atoms with Gasteiger partial charge in [0.05, 0.1) is 39.6 Å². The molecule has 0 aromatic heterocycles. The summed E-state index contributed by atoms with van der Waals surface area (Å²) in [7, 11) is 1.63. The number of nitrogens with one attached hydrogen (secondary N) is 1. The maximum atomic E-state index is 12.3. The molecule has 1 rings (SSSR count). The van der Waals surface area contributed by atoms with E-state index in [-0.39, 0.29) is 13.0 Å². The minimum Gasteiger partial charge on any atom is -0.491 e. The van der Waals surface area contributed by atoms with Crippen molar-refractivity contribution < 1.29 is 38.0 Å². The average molecular weight is 456 g/mol. The molecule has 0 bridgehead atoms. The van der Waals surface area contributed by atoms with Crippen molar-refractivity contribution in [2.45, 2.75) is 45.8 Å². The number of benzene rings is 1. The topological polar surface area (TPSA) is 102 Å². The number of hydrogen-bond acceptors (Lipinski definition) is 8. The van der Waals surface area contributed by atoms with E-state index in [1.807, 2.05) is 12.1 Å². The van der Waals surface area contributed by atoms with Crippen molar-refractivity contribution in [1.82, 2.24) is 5.32 Å². The van der Waals surface area contributed by atoms with Gasteiger partial charge in [0, 0.05) is 13.5 Å². The van der Waals surface area contributed by atoms with Crippen molar-refractivity contribution in [3.05, 3.63) is 29.8 Å². The van der Waals surface area contributed by atoms with Crippen molar-refractivity contribution in [3.63, 3.8) is 0 Å². The Kier molecular flexibility index (Phi) is 13.4. The zero-order chi connectivity index (χ0) is 23.8. The average Bonchev–Trinajstić information content (AvgIpc) is 2.72. The van der Waals surface area contributed by atoms with E-state index in [2.05, 4.69) is 5.32 Å². The molecule has 0 unspecified atom stereocenters. The molecule has 0 heterocycles.